The fourth-order valence-corrected chi connectivity index (χ4v) is 2.96. The average molecular weight is 346 g/mol. The summed E-state index contributed by atoms with van der Waals surface area (Å²) in [7, 11) is 0. The van der Waals surface area contributed by atoms with Crippen LogP contribution in [-0.4, -0.2) is 33.6 Å². The molecule has 0 radical (unpaired) electrons. The molecule has 0 saturated heterocycles. The van der Waals surface area contributed by atoms with E-state index in [1.807, 2.05) is 0 Å². The number of carbonyl (C=O) groups is 2. The van der Waals surface area contributed by atoms with E-state index >= 15 is 0 Å². The average Bonchev–Trinajstić information content (AvgIpc) is 2.63. The first-order valence-corrected chi connectivity index (χ1v) is 7.68. The third kappa shape index (κ3) is 2.73. The summed E-state index contributed by atoms with van der Waals surface area (Å²) >= 11 is 0. The Hall–Kier alpha value is -3.80. The molecule has 1 aliphatic rings. The molecule has 0 heterocycles. The van der Waals surface area contributed by atoms with Crippen LogP contribution in [0.4, 0.5) is 0 Å². The van der Waals surface area contributed by atoms with Gasteiger partial charge in [0.25, 0.3) is 0 Å². The van der Waals surface area contributed by atoms with Crippen LogP contribution in [0.15, 0.2) is 71.8 Å². The molecule has 2 aromatic carbocycles. The number of benzene rings is 2. The van der Waals surface area contributed by atoms with Crippen molar-refractivity contribution in [1.82, 2.24) is 0 Å². The van der Waals surface area contributed by atoms with Crippen LogP contribution in [-0.2, 0) is 9.59 Å². The Morgan fingerprint density at radius 2 is 0.923 bits per heavy atom. The fraction of sp³-hybridized carbons (Fsp3) is 0. The van der Waals surface area contributed by atoms with Gasteiger partial charge in [-0.25, -0.2) is 9.59 Å². The number of rotatable bonds is 4. The maximum Gasteiger partial charge on any atom is 0.338 e. The third-order valence-electron chi connectivity index (χ3n) is 4.05. The second-order valence-corrected chi connectivity index (χ2v) is 5.59. The van der Waals surface area contributed by atoms with Gasteiger partial charge in [0.05, 0.1) is 22.6 Å². The highest BCUT2D eigenvalue weighted by molar-refractivity contribution is 6.58. The van der Waals surface area contributed by atoms with Crippen molar-refractivity contribution >= 4 is 34.5 Å². The Labute approximate surface area is 148 Å². The van der Waals surface area contributed by atoms with Gasteiger partial charge in [-0.1, -0.05) is 60.7 Å². The first-order chi connectivity index (χ1) is 12.4. The highest BCUT2D eigenvalue weighted by Crippen LogP contribution is 2.36. The summed E-state index contributed by atoms with van der Waals surface area (Å²) in [6, 6.07) is 16.5. The van der Waals surface area contributed by atoms with Crippen molar-refractivity contribution in [2.45, 2.75) is 0 Å². The normalized spacial score (nSPS) is 14.6. The number of carboxylic acid groups (broad SMARTS) is 2. The standard InChI is InChI=1S/C20H14N2O4/c21-17-13(11-7-3-1-4-8-11)15(19(23)24)18(22)14(16(17)20(25)26)12-9-5-2-6-10-12/h1-10,21-22H,(H,23,24)(H,25,26). The van der Waals surface area contributed by atoms with E-state index in [9.17, 15) is 19.8 Å². The molecular formula is C20H14N2O4. The van der Waals surface area contributed by atoms with Gasteiger partial charge in [-0.15, -0.1) is 0 Å². The number of carboxylic acids is 2. The summed E-state index contributed by atoms with van der Waals surface area (Å²) in [6.07, 6.45) is 0. The van der Waals surface area contributed by atoms with Crippen LogP contribution >= 0.6 is 0 Å². The van der Waals surface area contributed by atoms with Crippen molar-refractivity contribution in [3.8, 4) is 0 Å². The minimum Gasteiger partial charge on any atom is -0.478 e. The maximum absolute atomic E-state index is 11.9. The monoisotopic (exact) mass is 346 g/mol. The van der Waals surface area contributed by atoms with Gasteiger partial charge in [0, 0.05) is 11.1 Å². The quantitative estimate of drug-likeness (QED) is 0.635. The molecule has 0 bridgehead atoms. The van der Waals surface area contributed by atoms with Gasteiger partial charge in [-0.05, 0) is 11.1 Å². The Balaban J connectivity index is 2.34. The molecule has 0 aromatic heterocycles. The molecule has 0 atom stereocenters. The van der Waals surface area contributed by atoms with Crippen molar-refractivity contribution in [3.63, 3.8) is 0 Å². The van der Waals surface area contributed by atoms with E-state index in [2.05, 4.69) is 0 Å². The SMILES string of the molecule is N=C1C(C(=O)O)=C(c2ccccc2)C(=N)C(C(=O)O)=C1c1ccccc1. The second kappa shape index (κ2) is 6.60. The number of aliphatic carboxylic acids is 2. The lowest BCUT2D eigenvalue weighted by atomic mass is 9.78. The molecule has 3 rings (SSSR count). The van der Waals surface area contributed by atoms with E-state index in [0.717, 1.165) is 0 Å². The molecule has 2 aromatic rings. The number of allylic oxidation sites excluding steroid dienone is 2. The topological polar surface area (TPSA) is 122 Å². The van der Waals surface area contributed by atoms with Gasteiger partial charge in [0.1, 0.15) is 0 Å². The lowest BCUT2D eigenvalue weighted by molar-refractivity contribution is -0.133. The largest absolute Gasteiger partial charge is 0.478 e. The minimum absolute atomic E-state index is 0.0693. The highest BCUT2D eigenvalue weighted by atomic mass is 16.4. The molecule has 0 spiro atoms. The number of nitrogens with one attached hydrogen (secondary N) is 2. The molecule has 0 unspecified atom stereocenters. The smallest absolute Gasteiger partial charge is 0.338 e. The summed E-state index contributed by atoms with van der Waals surface area (Å²) in [5.41, 5.74) is -0.988. The third-order valence-corrected chi connectivity index (χ3v) is 4.05. The van der Waals surface area contributed by atoms with Gasteiger partial charge in [0.2, 0.25) is 0 Å². The highest BCUT2D eigenvalue weighted by Gasteiger charge is 2.37. The molecule has 128 valence electrons. The van der Waals surface area contributed by atoms with Gasteiger partial charge in [-0.3, -0.25) is 10.8 Å². The van der Waals surface area contributed by atoms with E-state index in [-0.39, 0.29) is 22.3 Å². The summed E-state index contributed by atoms with van der Waals surface area (Å²) in [4.78, 5) is 23.8. The zero-order chi connectivity index (χ0) is 18.8. The molecule has 0 fully saturated rings. The fourth-order valence-electron chi connectivity index (χ4n) is 2.96. The Bertz CT molecular complexity index is 919. The molecule has 6 nitrogen and oxygen atoms in total. The van der Waals surface area contributed by atoms with Crippen LogP contribution in [0.5, 0.6) is 0 Å². The molecule has 0 saturated carbocycles. The zero-order valence-corrected chi connectivity index (χ0v) is 13.5. The molecular weight excluding hydrogens is 332 g/mol. The lowest BCUT2D eigenvalue weighted by Crippen LogP contribution is -2.29. The van der Waals surface area contributed by atoms with E-state index in [4.69, 9.17) is 10.8 Å². The molecule has 1 aliphatic carbocycles. The van der Waals surface area contributed by atoms with Crippen LogP contribution < -0.4 is 0 Å². The first kappa shape index (κ1) is 17.0. The molecule has 26 heavy (non-hydrogen) atoms. The predicted molar refractivity (Wildman–Crippen MR) is 97.4 cm³/mol. The van der Waals surface area contributed by atoms with Crippen molar-refractivity contribution < 1.29 is 19.8 Å². The molecule has 0 aliphatic heterocycles. The van der Waals surface area contributed by atoms with Crippen molar-refractivity contribution in [2.24, 2.45) is 0 Å². The van der Waals surface area contributed by atoms with E-state index in [1.165, 1.54) is 0 Å². The lowest BCUT2D eigenvalue weighted by Gasteiger charge is -2.24. The van der Waals surface area contributed by atoms with Crippen LogP contribution in [0.2, 0.25) is 0 Å². The maximum atomic E-state index is 11.9. The van der Waals surface area contributed by atoms with Crippen molar-refractivity contribution in [3.05, 3.63) is 82.9 Å². The minimum atomic E-state index is -1.38. The van der Waals surface area contributed by atoms with E-state index in [1.54, 1.807) is 60.7 Å². The van der Waals surface area contributed by atoms with Crippen molar-refractivity contribution in [2.75, 3.05) is 0 Å². The van der Waals surface area contributed by atoms with Gasteiger partial charge >= 0.3 is 11.9 Å². The van der Waals surface area contributed by atoms with Gasteiger partial charge in [-0.2, -0.15) is 0 Å². The first-order valence-electron chi connectivity index (χ1n) is 7.68. The summed E-state index contributed by atoms with van der Waals surface area (Å²) in [5, 5.41) is 36.2. The Morgan fingerprint density at radius 1 is 0.615 bits per heavy atom. The van der Waals surface area contributed by atoms with E-state index < -0.39 is 23.4 Å². The number of hydrogen-bond acceptors (Lipinski definition) is 4. The number of hydrogen-bond donors (Lipinski definition) is 4. The van der Waals surface area contributed by atoms with Crippen LogP contribution in [0.25, 0.3) is 11.1 Å². The second-order valence-electron chi connectivity index (χ2n) is 5.59. The van der Waals surface area contributed by atoms with Crippen LogP contribution in [0.1, 0.15) is 11.1 Å². The summed E-state index contributed by atoms with van der Waals surface area (Å²) in [5.74, 6) is -2.76. The van der Waals surface area contributed by atoms with Gasteiger partial charge in [0.15, 0.2) is 0 Å². The van der Waals surface area contributed by atoms with E-state index in [0.29, 0.717) is 11.1 Å². The Kier molecular flexibility index (Phi) is 4.33. The summed E-state index contributed by atoms with van der Waals surface area (Å²) in [6.45, 7) is 0. The summed E-state index contributed by atoms with van der Waals surface area (Å²) < 4.78 is 0. The predicted octanol–water partition coefficient (Wildman–Crippen LogP) is 3.12. The zero-order valence-electron chi connectivity index (χ0n) is 13.5. The van der Waals surface area contributed by atoms with Gasteiger partial charge < -0.3 is 10.2 Å². The molecule has 6 heteroatoms. The van der Waals surface area contributed by atoms with Crippen LogP contribution in [0.3, 0.4) is 0 Å². The van der Waals surface area contributed by atoms with Crippen molar-refractivity contribution in [1.29, 1.82) is 10.8 Å². The molecule has 0 amide bonds. The van der Waals surface area contributed by atoms with Crippen LogP contribution in [0, 0.1) is 10.8 Å². The molecule has 4 N–H and O–H groups in total. The Morgan fingerprint density at radius 3 is 1.19 bits per heavy atom.